The predicted octanol–water partition coefficient (Wildman–Crippen LogP) is 2.13. The number of hydrogen-bond donors (Lipinski definition) is 1. The lowest BCUT2D eigenvalue weighted by Gasteiger charge is -2.61. The van der Waals surface area contributed by atoms with Crippen molar-refractivity contribution in [1.82, 2.24) is 9.80 Å². The van der Waals surface area contributed by atoms with E-state index < -0.39 is 6.10 Å². The van der Waals surface area contributed by atoms with Crippen LogP contribution in [0.15, 0.2) is 24.3 Å². The van der Waals surface area contributed by atoms with Crippen LogP contribution in [-0.2, 0) is 16.0 Å². The number of carbonyl (C=O) groups is 2. The molecule has 152 valence electrons. The molecule has 2 heterocycles. The third-order valence-corrected chi connectivity index (χ3v) is 6.85. The Hall–Kier alpha value is -2.08. The van der Waals surface area contributed by atoms with Gasteiger partial charge in [0.1, 0.15) is 5.75 Å². The van der Waals surface area contributed by atoms with Crippen LogP contribution < -0.4 is 4.74 Å². The Balaban J connectivity index is 1.35. The number of methoxy groups -OCH3 is 1. The average Bonchev–Trinajstić information content (AvgIpc) is 2.74. The molecule has 0 radical (unpaired) electrons. The molecule has 1 aromatic rings. The summed E-state index contributed by atoms with van der Waals surface area (Å²) < 4.78 is 5.23. The highest BCUT2D eigenvalue weighted by Gasteiger charge is 2.61. The molecule has 28 heavy (non-hydrogen) atoms. The standard InChI is InChI=1S/C22H30N2O4/c1-28-18-7-5-6-16(14-18)15-19(25)23-12-8-17(9-13-23)24-21(27)20(26)22(24)10-3-2-4-11-22/h5-7,14,17,20,26H,2-4,8-13,15H2,1H3. The topological polar surface area (TPSA) is 70.1 Å². The second-order valence-electron chi connectivity index (χ2n) is 8.42. The van der Waals surface area contributed by atoms with Gasteiger partial charge in [0.15, 0.2) is 6.10 Å². The van der Waals surface area contributed by atoms with Crippen molar-refractivity contribution in [2.45, 2.75) is 69.1 Å². The van der Waals surface area contributed by atoms with E-state index in [1.807, 2.05) is 34.1 Å². The van der Waals surface area contributed by atoms with Crippen LogP contribution in [0, 0.1) is 0 Å². The third kappa shape index (κ3) is 3.28. The average molecular weight is 386 g/mol. The summed E-state index contributed by atoms with van der Waals surface area (Å²) in [6.07, 6.45) is 6.32. The van der Waals surface area contributed by atoms with Crippen LogP contribution in [0.5, 0.6) is 5.75 Å². The second-order valence-corrected chi connectivity index (χ2v) is 8.42. The zero-order valence-electron chi connectivity index (χ0n) is 16.6. The fourth-order valence-corrected chi connectivity index (χ4v) is 5.31. The number of likely N-dealkylation sites (tertiary alicyclic amines) is 2. The molecule has 6 heteroatoms. The molecule has 4 rings (SSSR count). The van der Waals surface area contributed by atoms with Crippen LogP contribution >= 0.6 is 0 Å². The summed E-state index contributed by atoms with van der Waals surface area (Å²) in [6, 6.07) is 7.77. The maximum atomic E-state index is 12.7. The van der Waals surface area contributed by atoms with Crippen molar-refractivity contribution in [1.29, 1.82) is 0 Å². The maximum absolute atomic E-state index is 12.7. The molecule has 1 spiro atoms. The van der Waals surface area contributed by atoms with Crippen LogP contribution in [0.4, 0.5) is 0 Å². The van der Waals surface area contributed by atoms with E-state index in [1.54, 1.807) is 7.11 Å². The number of aliphatic hydroxyl groups is 1. The molecule has 2 saturated heterocycles. The molecule has 1 aromatic carbocycles. The minimum Gasteiger partial charge on any atom is -0.497 e. The van der Waals surface area contributed by atoms with E-state index in [1.165, 1.54) is 6.42 Å². The number of β-lactam (4-membered cyclic amide) rings is 1. The predicted molar refractivity (Wildman–Crippen MR) is 105 cm³/mol. The highest BCUT2D eigenvalue weighted by Crippen LogP contribution is 2.46. The normalized spacial score (nSPS) is 24.9. The van der Waals surface area contributed by atoms with Crippen LogP contribution in [-0.4, -0.2) is 64.6 Å². The van der Waals surface area contributed by atoms with E-state index in [0.29, 0.717) is 19.5 Å². The molecule has 1 N–H and O–H groups in total. The van der Waals surface area contributed by atoms with Crippen molar-refractivity contribution in [3.05, 3.63) is 29.8 Å². The highest BCUT2D eigenvalue weighted by atomic mass is 16.5. The Morgan fingerprint density at radius 3 is 2.61 bits per heavy atom. The lowest BCUT2D eigenvalue weighted by molar-refractivity contribution is -0.201. The van der Waals surface area contributed by atoms with Crippen LogP contribution in [0.1, 0.15) is 50.5 Å². The number of nitrogens with zero attached hydrogens (tertiary/aromatic N) is 2. The fourth-order valence-electron chi connectivity index (χ4n) is 5.31. The first-order valence-corrected chi connectivity index (χ1v) is 10.5. The van der Waals surface area contributed by atoms with Crippen molar-refractivity contribution in [2.75, 3.05) is 20.2 Å². The van der Waals surface area contributed by atoms with Gasteiger partial charge in [0.25, 0.3) is 5.91 Å². The van der Waals surface area contributed by atoms with Gasteiger partial charge in [0, 0.05) is 19.1 Å². The van der Waals surface area contributed by atoms with Gasteiger partial charge in [-0.3, -0.25) is 9.59 Å². The SMILES string of the molecule is COc1cccc(CC(=O)N2CCC(N3C(=O)C(O)C34CCCCC4)CC2)c1. The molecule has 1 atom stereocenters. The van der Waals surface area contributed by atoms with E-state index in [9.17, 15) is 14.7 Å². The number of aliphatic hydroxyl groups excluding tert-OH is 1. The largest absolute Gasteiger partial charge is 0.497 e. The molecule has 3 aliphatic rings. The van der Waals surface area contributed by atoms with Crippen molar-refractivity contribution >= 4 is 11.8 Å². The molecule has 0 aromatic heterocycles. The van der Waals surface area contributed by atoms with Crippen molar-refractivity contribution in [3.63, 3.8) is 0 Å². The molecule has 1 aliphatic carbocycles. The molecule has 2 aliphatic heterocycles. The van der Waals surface area contributed by atoms with Crippen molar-refractivity contribution < 1.29 is 19.4 Å². The molecule has 1 unspecified atom stereocenters. The fraction of sp³-hybridized carbons (Fsp3) is 0.636. The van der Waals surface area contributed by atoms with Gasteiger partial charge in [-0.25, -0.2) is 0 Å². The number of benzene rings is 1. The van der Waals surface area contributed by atoms with Crippen LogP contribution in [0.2, 0.25) is 0 Å². The van der Waals surface area contributed by atoms with Gasteiger partial charge in [0.05, 0.1) is 19.1 Å². The van der Waals surface area contributed by atoms with Gasteiger partial charge in [-0.15, -0.1) is 0 Å². The van der Waals surface area contributed by atoms with E-state index in [4.69, 9.17) is 4.74 Å². The maximum Gasteiger partial charge on any atom is 0.254 e. The van der Waals surface area contributed by atoms with E-state index in [-0.39, 0.29) is 23.4 Å². The highest BCUT2D eigenvalue weighted by molar-refractivity contribution is 5.90. The first-order chi connectivity index (χ1) is 13.5. The Morgan fingerprint density at radius 2 is 1.93 bits per heavy atom. The first-order valence-electron chi connectivity index (χ1n) is 10.5. The second kappa shape index (κ2) is 7.74. The third-order valence-electron chi connectivity index (χ3n) is 6.85. The van der Waals surface area contributed by atoms with Gasteiger partial charge in [-0.05, 0) is 43.4 Å². The lowest BCUT2D eigenvalue weighted by Crippen LogP contribution is -2.77. The number of amides is 2. The molecule has 0 bridgehead atoms. The molecule has 3 fully saturated rings. The molecule has 6 nitrogen and oxygen atoms in total. The first kappa shape index (κ1) is 19.2. The molecule has 1 saturated carbocycles. The summed E-state index contributed by atoms with van der Waals surface area (Å²) in [7, 11) is 1.62. The summed E-state index contributed by atoms with van der Waals surface area (Å²) in [6.45, 7) is 1.34. The summed E-state index contributed by atoms with van der Waals surface area (Å²) in [5.41, 5.74) is 0.626. The van der Waals surface area contributed by atoms with Gasteiger partial charge < -0.3 is 19.6 Å². The summed E-state index contributed by atoms with van der Waals surface area (Å²) >= 11 is 0. The number of rotatable bonds is 4. The Bertz CT molecular complexity index is 736. The summed E-state index contributed by atoms with van der Waals surface area (Å²) in [5.74, 6) is 0.772. The van der Waals surface area contributed by atoms with Crippen molar-refractivity contribution in [2.24, 2.45) is 0 Å². The smallest absolute Gasteiger partial charge is 0.254 e. The lowest BCUT2D eigenvalue weighted by atomic mass is 9.68. The zero-order valence-corrected chi connectivity index (χ0v) is 16.6. The Labute approximate surface area is 166 Å². The molecular weight excluding hydrogens is 356 g/mol. The van der Waals surface area contributed by atoms with Gasteiger partial charge in [0.2, 0.25) is 5.91 Å². The van der Waals surface area contributed by atoms with Crippen LogP contribution in [0.25, 0.3) is 0 Å². The Kier molecular flexibility index (Phi) is 5.32. The van der Waals surface area contributed by atoms with E-state index >= 15 is 0 Å². The minimum atomic E-state index is -0.819. The van der Waals surface area contributed by atoms with E-state index in [0.717, 1.165) is 49.8 Å². The number of piperidine rings is 1. The van der Waals surface area contributed by atoms with E-state index in [2.05, 4.69) is 0 Å². The zero-order chi connectivity index (χ0) is 19.7. The Morgan fingerprint density at radius 1 is 1.21 bits per heavy atom. The van der Waals surface area contributed by atoms with Gasteiger partial charge >= 0.3 is 0 Å². The monoisotopic (exact) mass is 386 g/mol. The number of carbonyl (C=O) groups excluding carboxylic acids is 2. The molecule has 2 amide bonds. The quantitative estimate of drug-likeness (QED) is 0.805. The molecular formula is C22H30N2O4. The number of hydrogen-bond acceptors (Lipinski definition) is 4. The van der Waals surface area contributed by atoms with Crippen LogP contribution in [0.3, 0.4) is 0 Å². The number of ether oxygens (including phenoxy) is 1. The minimum absolute atomic E-state index is 0.108. The van der Waals surface area contributed by atoms with Crippen molar-refractivity contribution in [3.8, 4) is 5.75 Å². The van der Waals surface area contributed by atoms with Gasteiger partial charge in [-0.1, -0.05) is 31.4 Å². The summed E-state index contributed by atoms with van der Waals surface area (Å²) in [5, 5.41) is 10.4. The summed E-state index contributed by atoms with van der Waals surface area (Å²) in [4.78, 5) is 29.0. The van der Waals surface area contributed by atoms with Gasteiger partial charge in [-0.2, -0.15) is 0 Å².